The summed E-state index contributed by atoms with van der Waals surface area (Å²) in [6, 6.07) is 4.41. The Labute approximate surface area is 83.9 Å². The summed E-state index contributed by atoms with van der Waals surface area (Å²) >= 11 is 0. The first-order chi connectivity index (χ1) is 6.54. The van der Waals surface area contributed by atoms with Gasteiger partial charge in [-0.15, -0.1) is 0 Å². The lowest BCUT2D eigenvalue weighted by atomic mass is 9.97. The van der Waals surface area contributed by atoms with Crippen LogP contribution in [0.5, 0.6) is 5.75 Å². The summed E-state index contributed by atoms with van der Waals surface area (Å²) in [6.07, 6.45) is 0. The predicted octanol–water partition coefficient (Wildman–Crippen LogP) is 2.49. The fraction of sp³-hybridized carbons (Fsp3) is 0.455. The first-order valence-electron chi connectivity index (χ1n) is 4.64. The van der Waals surface area contributed by atoms with E-state index >= 15 is 0 Å². The molecule has 0 aliphatic carbocycles. The van der Waals surface area contributed by atoms with Gasteiger partial charge in [-0.1, -0.05) is 13.8 Å². The van der Waals surface area contributed by atoms with Crippen LogP contribution in [0.25, 0.3) is 0 Å². The second-order valence-corrected chi connectivity index (χ2v) is 3.69. The lowest BCUT2D eigenvalue weighted by Crippen LogP contribution is -2.16. The van der Waals surface area contributed by atoms with Gasteiger partial charge < -0.3 is 10.5 Å². The Bertz CT molecular complexity index is 312. The molecule has 0 aliphatic heterocycles. The third kappa shape index (κ3) is 2.45. The van der Waals surface area contributed by atoms with Gasteiger partial charge in [0.05, 0.1) is 7.11 Å². The van der Waals surface area contributed by atoms with Crippen LogP contribution in [-0.4, -0.2) is 7.11 Å². The Morgan fingerprint density at radius 3 is 2.43 bits per heavy atom. The van der Waals surface area contributed by atoms with Gasteiger partial charge in [0, 0.05) is 12.1 Å². The molecule has 78 valence electrons. The number of benzene rings is 1. The van der Waals surface area contributed by atoms with E-state index < -0.39 is 0 Å². The molecule has 1 atom stereocenters. The van der Waals surface area contributed by atoms with Gasteiger partial charge in [-0.25, -0.2) is 4.39 Å². The summed E-state index contributed by atoms with van der Waals surface area (Å²) in [5.74, 6) is 0.480. The molecule has 0 aliphatic rings. The maximum atomic E-state index is 13.1. The van der Waals surface area contributed by atoms with E-state index in [-0.39, 0.29) is 17.8 Å². The zero-order valence-electron chi connectivity index (χ0n) is 8.75. The number of nitrogens with two attached hydrogens (primary N) is 1. The van der Waals surface area contributed by atoms with Crippen molar-refractivity contribution in [2.45, 2.75) is 19.9 Å². The highest BCUT2D eigenvalue weighted by atomic mass is 19.1. The Hall–Kier alpha value is -1.09. The standard InChI is InChI=1S/C11H16FNO/c1-7(2)11(13)8-4-9(12)6-10(5-8)14-3/h4-7,11H,13H2,1-3H3/t11-/m1/s1. The van der Waals surface area contributed by atoms with Crippen LogP contribution in [0.3, 0.4) is 0 Å². The van der Waals surface area contributed by atoms with E-state index in [2.05, 4.69) is 0 Å². The molecule has 14 heavy (non-hydrogen) atoms. The van der Waals surface area contributed by atoms with Crippen LogP contribution >= 0.6 is 0 Å². The molecule has 1 aromatic carbocycles. The molecule has 1 rings (SSSR count). The summed E-state index contributed by atoms with van der Waals surface area (Å²) in [5.41, 5.74) is 6.68. The molecule has 0 saturated heterocycles. The van der Waals surface area contributed by atoms with Crippen LogP contribution in [0.4, 0.5) is 4.39 Å². The van der Waals surface area contributed by atoms with Crippen molar-refractivity contribution in [3.63, 3.8) is 0 Å². The molecule has 3 heteroatoms. The zero-order chi connectivity index (χ0) is 10.7. The third-order valence-corrected chi connectivity index (χ3v) is 2.23. The fourth-order valence-electron chi connectivity index (χ4n) is 1.28. The minimum atomic E-state index is -0.310. The third-order valence-electron chi connectivity index (χ3n) is 2.23. The molecule has 2 N–H and O–H groups in total. The molecule has 1 aromatic rings. The van der Waals surface area contributed by atoms with Crippen molar-refractivity contribution in [3.05, 3.63) is 29.6 Å². The second-order valence-electron chi connectivity index (χ2n) is 3.69. The Balaban J connectivity index is 3.02. The van der Waals surface area contributed by atoms with Crippen LogP contribution in [-0.2, 0) is 0 Å². The van der Waals surface area contributed by atoms with Gasteiger partial charge in [-0.05, 0) is 23.6 Å². The average molecular weight is 197 g/mol. The molecule has 0 aromatic heterocycles. The molecule has 2 nitrogen and oxygen atoms in total. The summed E-state index contributed by atoms with van der Waals surface area (Å²) in [7, 11) is 1.51. The lowest BCUT2D eigenvalue weighted by molar-refractivity contribution is 0.408. The first-order valence-corrected chi connectivity index (χ1v) is 4.64. The van der Waals surface area contributed by atoms with Gasteiger partial charge >= 0.3 is 0 Å². The van der Waals surface area contributed by atoms with E-state index in [0.29, 0.717) is 5.75 Å². The molecule has 0 fully saturated rings. The van der Waals surface area contributed by atoms with Gasteiger partial charge in [0.2, 0.25) is 0 Å². The van der Waals surface area contributed by atoms with Crippen molar-refractivity contribution < 1.29 is 9.13 Å². The maximum absolute atomic E-state index is 13.1. The van der Waals surface area contributed by atoms with E-state index in [1.807, 2.05) is 13.8 Å². The molecule has 0 bridgehead atoms. The molecule has 0 saturated carbocycles. The van der Waals surface area contributed by atoms with E-state index in [1.165, 1.54) is 19.2 Å². The number of ether oxygens (including phenoxy) is 1. The van der Waals surface area contributed by atoms with Crippen molar-refractivity contribution in [3.8, 4) is 5.75 Å². The predicted molar refractivity (Wildman–Crippen MR) is 54.7 cm³/mol. The monoisotopic (exact) mass is 197 g/mol. The van der Waals surface area contributed by atoms with E-state index in [0.717, 1.165) is 5.56 Å². The molecule has 0 spiro atoms. The van der Waals surface area contributed by atoms with Crippen LogP contribution in [0.1, 0.15) is 25.5 Å². The van der Waals surface area contributed by atoms with Gasteiger partial charge in [0.15, 0.2) is 0 Å². The maximum Gasteiger partial charge on any atom is 0.127 e. The Morgan fingerprint density at radius 1 is 1.29 bits per heavy atom. The number of hydrogen-bond donors (Lipinski definition) is 1. The van der Waals surface area contributed by atoms with Crippen molar-refractivity contribution in [1.29, 1.82) is 0 Å². The molecule has 0 radical (unpaired) electrons. The molecular weight excluding hydrogens is 181 g/mol. The molecule has 0 amide bonds. The van der Waals surface area contributed by atoms with Gasteiger partial charge in [-0.3, -0.25) is 0 Å². The van der Waals surface area contributed by atoms with Crippen LogP contribution in [0, 0.1) is 11.7 Å². The van der Waals surface area contributed by atoms with Crippen molar-refractivity contribution in [2.75, 3.05) is 7.11 Å². The number of halogens is 1. The fourth-order valence-corrected chi connectivity index (χ4v) is 1.28. The zero-order valence-corrected chi connectivity index (χ0v) is 8.75. The quantitative estimate of drug-likeness (QED) is 0.808. The minimum absolute atomic E-state index is 0.153. The topological polar surface area (TPSA) is 35.2 Å². The molecule has 0 heterocycles. The van der Waals surface area contributed by atoms with Gasteiger partial charge in [0.1, 0.15) is 11.6 Å². The van der Waals surface area contributed by atoms with Crippen LogP contribution < -0.4 is 10.5 Å². The smallest absolute Gasteiger partial charge is 0.127 e. The number of hydrogen-bond acceptors (Lipinski definition) is 2. The highest BCUT2D eigenvalue weighted by Gasteiger charge is 2.12. The Kier molecular flexibility index (Phi) is 3.47. The van der Waals surface area contributed by atoms with Crippen LogP contribution in [0.2, 0.25) is 0 Å². The highest BCUT2D eigenvalue weighted by Crippen LogP contribution is 2.24. The van der Waals surface area contributed by atoms with E-state index in [1.54, 1.807) is 6.07 Å². The number of rotatable bonds is 3. The summed E-state index contributed by atoms with van der Waals surface area (Å²) in [4.78, 5) is 0. The molecule has 0 unspecified atom stereocenters. The minimum Gasteiger partial charge on any atom is -0.497 e. The lowest BCUT2D eigenvalue weighted by Gasteiger charge is -2.16. The first kappa shape index (κ1) is 11.0. The van der Waals surface area contributed by atoms with Gasteiger partial charge in [0.25, 0.3) is 0 Å². The summed E-state index contributed by atoms with van der Waals surface area (Å²) < 4.78 is 18.1. The highest BCUT2D eigenvalue weighted by molar-refractivity contribution is 5.31. The second kappa shape index (κ2) is 4.42. The van der Waals surface area contributed by atoms with E-state index in [9.17, 15) is 4.39 Å². The largest absolute Gasteiger partial charge is 0.497 e. The number of methoxy groups -OCH3 is 1. The average Bonchev–Trinajstić information content (AvgIpc) is 2.15. The van der Waals surface area contributed by atoms with Crippen molar-refractivity contribution in [2.24, 2.45) is 11.7 Å². The van der Waals surface area contributed by atoms with Gasteiger partial charge in [-0.2, -0.15) is 0 Å². The SMILES string of the molecule is COc1cc(F)cc([C@H](N)C(C)C)c1. The Morgan fingerprint density at radius 2 is 1.93 bits per heavy atom. The van der Waals surface area contributed by atoms with E-state index in [4.69, 9.17) is 10.5 Å². The molecular formula is C11H16FNO. The van der Waals surface area contributed by atoms with Crippen LogP contribution in [0.15, 0.2) is 18.2 Å². The summed E-state index contributed by atoms with van der Waals surface area (Å²) in [5, 5.41) is 0. The van der Waals surface area contributed by atoms with Crippen molar-refractivity contribution in [1.82, 2.24) is 0 Å². The normalized spacial score (nSPS) is 13.0. The summed E-state index contributed by atoms with van der Waals surface area (Å²) in [6.45, 7) is 4.00. The van der Waals surface area contributed by atoms with Crippen molar-refractivity contribution >= 4 is 0 Å².